The van der Waals surface area contributed by atoms with E-state index >= 15 is 0 Å². The van der Waals surface area contributed by atoms with E-state index in [1.165, 1.54) is 0 Å². The molecule has 0 aromatic rings. The lowest BCUT2D eigenvalue weighted by molar-refractivity contribution is -0.0122. The van der Waals surface area contributed by atoms with Gasteiger partial charge in [0.25, 0.3) is 0 Å². The molecule has 114 valence electrons. The average molecular weight is 278 g/mol. The molecule has 19 heavy (non-hydrogen) atoms. The molecular formula is C13H26O6. The van der Waals surface area contributed by atoms with Crippen LogP contribution in [0.3, 0.4) is 0 Å². The Labute approximate surface area is 115 Å². The van der Waals surface area contributed by atoms with Crippen LogP contribution < -0.4 is 0 Å². The summed E-state index contributed by atoms with van der Waals surface area (Å²) in [5, 5.41) is 0. The summed E-state index contributed by atoms with van der Waals surface area (Å²) in [6, 6.07) is 0. The van der Waals surface area contributed by atoms with E-state index in [-0.39, 0.29) is 0 Å². The van der Waals surface area contributed by atoms with Crippen LogP contribution in [0.25, 0.3) is 0 Å². The third-order valence-electron chi connectivity index (χ3n) is 2.44. The zero-order valence-corrected chi connectivity index (χ0v) is 11.6. The Balaban J connectivity index is 2.01. The van der Waals surface area contributed by atoms with Crippen molar-refractivity contribution >= 4 is 0 Å². The van der Waals surface area contributed by atoms with Crippen LogP contribution in [-0.4, -0.2) is 79.3 Å². The summed E-state index contributed by atoms with van der Waals surface area (Å²) in [4.78, 5) is 0. The van der Waals surface area contributed by atoms with Crippen LogP contribution in [0.1, 0.15) is 6.42 Å². The van der Waals surface area contributed by atoms with Gasteiger partial charge in [-0.1, -0.05) is 0 Å². The Morgan fingerprint density at radius 1 is 0.263 bits per heavy atom. The summed E-state index contributed by atoms with van der Waals surface area (Å²) < 4.78 is 32.2. The second-order valence-electron chi connectivity index (χ2n) is 4.03. The Kier molecular flexibility index (Phi) is 12.5. The van der Waals surface area contributed by atoms with Crippen LogP contribution >= 0.6 is 0 Å². The van der Waals surface area contributed by atoms with Crippen LogP contribution in [0.15, 0.2) is 0 Å². The van der Waals surface area contributed by atoms with Gasteiger partial charge in [-0.05, 0) is 6.42 Å². The Hall–Kier alpha value is -0.240. The molecule has 0 aliphatic carbocycles. The molecule has 0 bridgehead atoms. The molecule has 1 saturated heterocycles. The molecule has 6 nitrogen and oxygen atoms in total. The van der Waals surface area contributed by atoms with Gasteiger partial charge < -0.3 is 28.4 Å². The lowest BCUT2D eigenvalue weighted by Gasteiger charge is -2.07. The molecule has 0 atom stereocenters. The molecule has 1 heterocycles. The van der Waals surface area contributed by atoms with Crippen LogP contribution in [0, 0.1) is 0 Å². The van der Waals surface area contributed by atoms with E-state index in [0.717, 1.165) is 6.42 Å². The SMILES string of the molecule is C1COCCOCCOCCOCCOCCOC1. The van der Waals surface area contributed by atoms with Crippen molar-refractivity contribution in [1.82, 2.24) is 0 Å². The van der Waals surface area contributed by atoms with Gasteiger partial charge >= 0.3 is 0 Å². The highest BCUT2D eigenvalue weighted by molar-refractivity contribution is 4.39. The van der Waals surface area contributed by atoms with Crippen molar-refractivity contribution in [3.8, 4) is 0 Å². The average Bonchev–Trinajstić information content (AvgIpc) is 2.43. The van der Waals surface area contributed by atoms with Gasteiger partial charge in [0, 0.05) is 13.2 Å². The minimum Gasteiger partial charge on any atom is -0.379 e. The Morgan fingerprint density at radius 3 is 0.737 bits per heavy atom. The minimum absolute atomic E-state index is 0.586. The second kappa shape index (κ2) is 14.2. The summed E-state index contributed by atoms with van der Waals surface area (Å²) in [6.07, 6.45) is 0.895. The normalized spacial score (nSPS) is 24.0. The Bertz CT molecular complexity index is 97.8. The first kappa shape index (κ1) is 16.8. The van der Waals surface area contributed by atoms with Crippen LogP contribution in [0.4, 0.5) is 0 Å². The molecule has 0 amide bonds. The number of rotatable bonds is 0. The first-order valence-electron chi connectivity index (χ1n) is 6.96. The molecule has 0 saturated carbocycles. The highest BCUT2D eigenvalue weighted by atomic mass is 16.6. The van der Waals surface area contributed by atoms with E-state index in [4.69, 9.17) is 28.4 Å². The maximum atomic E-state index is 5.40. The molecule has 1 rings (SSSR count). The molecule has 0 N–H and O–H groups in total. The fourth-order valence-corrected chi connectivity index (χ4v) is 1.46. The fourth-order valence-electron chi connectivity index (χ4n) is 1.46. The predicted molar refractivity (Wildman–Crippen MR) is 69.5 cm³/mol. The first-order chi connectivity index (χ1) is 9.50. The zero-order valence-electron chi connectivity index (χ0n) is 11.6. The van der Waals surface area contributed by atoms with E-state index in [1.807, 2.05) is 0 Å². The summed E-state index contributed by atoms with van der Waals surface area (Å²) >= 11 is 0. The van der Waals surface area contributed by atoms with E-state index in [2.05, 4.69) is 0 Å². The van der Waals surface area contributed by atoms with Gasteiger partial charge in [-0.3, -0.25) is 0 Å². The standard InChI is InChI=1S/C13H26O6/c1-2-14-4-6-16-8-10-18-12-13-19-11-9-17-7-5-15-3-1/h1-13H2. The topological polar surface area (TPSA) is 55.4 Å². The smallest absolute Gasteiger partial charge is 0.0701 e. The highest BCUT2D eigenvalue weighted by Crippen LogP contribution is 1.88. The second-order valence-corrected chi connectivity index (χ2v) is 4.03. The summed E-state index contributed by atoms with van der Waals surface area (Å²) in [5.74, 6) is 0. The van der Waals surface area contributed by atoms with Crippen molar-refractivity contribution < 1.29 is 28.4 Å². The molecule has 0 aromatic carbocycles. The maximum absolute atomic E-state index is 5.40. The minimum atomic E-state index is 0.586. The van der Waals surface area contributed by atoms with Crippen molar-refractivity contribution in [3.05, 3.63) is 0 Å². The maximum Gasteiger partial charge on any atom is 0.0701 e. The van der Waals surface area contributed by atoms with Gasteiger partial charge in [0.2, 0.25) is 0 Å². The zero-order chi connectivity index (χ0) is 13.4. The molecule has 1 fully saturated rings. The highest BCUT2D eigenvalue weighted by Gasteiger charge is 1.95. The van der Waals surface area contributed by atoms with Gasteiger partial charge in [0.15, 0.2) is 0 Å². The van der Waals surface area contributed by atoms with E-state index in [0.29, 0.717) is 79.3 Å². The van der Waals surface area contributed by atoms with Crippen LogP contribution in [-0.2, 0) is 28.4 Å². The van der Waals surface area contributed by atoms with Crippen molar-refractivity contribution in [3.63, 3.8) is 0 Å². The molecule has 6 heteroatoms. The van der Waals surface area contributed by atoms with Crippen molar-refractivity contribution in [2.24, 2.45) is 0 Å². The van der Waals surface area contributed by atoms with Gasteiger partial charge in [0.1, 0.15) is 0 Å². The molecule has 0 spiro atoms. The van der Waals surface area contributed by atoms with Gasteiger partial charge in [0.05, 0.1) is 66.1 Å². The lowest BCUT2D eigenvalue weighted by Crippen LogP contribution is -2.13. The molecule has 0 aromatic heterocycles. The van der Waals surface area contributed by atoms with E-state index in [9.17, 15) is 0 Å². The van der Waals surface area contributed by atoms with Crippen LogP contribution in [0.5, 0.6) is 0 Å². The van der Waals surface area contributed by atoms with Gasteiger partial charge in [-0.25, -0.2) is 0 Å². The molecule has 1 aliphatic rings. The number of hydrogen-bond donors (Lipinski definition) is 0. The van der Waals surface area contributed by atoms with E-state index in [1.54, 1.807) is 0 Å². The van der Waals surface area contributed by atoms with Crippen molar-refractivity contribution in [2.45, 2.75) is 6.42 Å². The molecule has 1 aliphatic heterocycles. The fraction of sp³-hybridized carbons (Fsp3) is 1.00. The molecular weight excluding hydrogens is 252 g/mol. The third-order valence-corrected chi connectivity index (χ3v) is 2.44. The van der Waals surface area contributed by atoms with Crippen molar-refractivity contribution in [1.29, 1.82) is 0 Å². The summed E-state index contributed by atoms with van der Waals surface area (Å²) in [7, 11) is 0. The monoisotopic (exact) mass is 278 g/mol. The van der Waals surface area contributed by atoms with E-state index < -0.39 is 0 Å². The summed E-state index contributed by atoms with van der Waals surface area (Å²) in [5.41, 5.74) is 0. The Morgan fingerprint density at radius 2 is 0.474 bits per heavy atom. The lowest BCUT2D eigenvalue weighted by atomic mass is 10.5. The van der Waals surface area contributed by atoms with Crippen LogP contribution in [0.2, 0.25) is 0 Å². The quantitative estimate of drug-likeness (QED) is 0.643. The first-order valence-corrected chi connectivity index (χ1v) is 6.96. The van der Waals surface area contributed by atoms with Crippen molar-refractivity contribution in [2.75, 3.05) is 79.3 Å². The third kappa shape index (κ3) is 12.5. The number of hydrogen-bond acceptors (Lipinski definition) is 6. The molecule has 0 unspecified atom stereocenters. The molecule has 0 radical (unpaired) electrons. The summed E-state index contributed by atoms with van der Waals surface area (Å²) in [6.45, 7) is 7.39. The number of ether oxygens (including phenoxy) is 6. The predicted octanol–water partition coefficient (Wildman–Crippen LogP) is 0.490. The van der Waals surface area contributed by atoms with Gasteiger partial charge in [-0.2, -0.15) is 0 Å². The van der Waals surface area contributed by atoms with Gasteiger partial charge in [-0.15, -0.1) is 0 Å². The largest absolute Gasteiger partial charge is 0.379 e.